The standard InChI is InChI=1S/C26H24F5N5O2/c1-35-24(26(29,30)31)19(12-33-35)15-4-5-16-13-36(34-22(16)10-15)18-6-2-14(3-7-18)11-32-25(38)17-8-20(27)23(37)21(28)9-17/h4-5,8-10,12-14,18,37H,2-3,6-7,11H2,1H3,(H,32,38). The molecule has 12 heteroatoms. The number of carbonyl (C=O) groups is 1. The lowest BCUT2D eigenvalue weighted by atomic mass is 9.86. The number of hydrogen-bond donors (Lipinski definition) is 2. The van der Waals surface area contributed by atoms with Crippen molar-refractivity contribution in [1.29, 1.82) is 0 Å². The molecule has 2 aromatic heterocycles. The SMILES string of the molecule is Cn1ncc(-c2ccc3cn(C4CCC(CNC(=O)c5cc(F)c(O)c(F)c5)CC4)nc3c2)c1C(F)(F)F. The summed E-state index contributed by atoms with van der Waals surface area (Å²) in [6, 6.07) is 6.69. The smallest absolute Gasteiger partial charge is 0.433 e. The van der Waals surface area contributed by atoms with Gasteiger partial charge in [0.25, 0.3) is 5.91 Å². The number of aromatic nitrogens is 4. The Labute approximate surface area is 213 Å². The van der Waals surface area contributed by atoms with Gasteiger partial charge < -0.3 is 10.4 Å². The van der Waals surface area contributed by atoms with E-state index in [-0.39, 0.29) is 23.1 Å². The van der Waals surface area contributed by atoms with E-state index in [1.807, 2.05) is 10.9 Å². The molecule has 0 radical (unpaired) electrons. The molecule has 0 atom stereocenters. The molecule has 2 aromatic carbocycles. The minimum Gasteiger partial charge on any atom is -0.503 e. The maximum Gasteiger partial charge on any atom is 0.433 e. The molecule has 5 rings (SSSR count). The normalized spacial score (nSPS) is 18.2. The molecule has 0 saturated heterocycles. The molecule has 7 nitrogen and oxygen atoms in total. The van der Waals surface area contributed by atoms with Crippen LogP contribution in [0.1, 0.15) is 47.8 Å². The maximum absolute atomic E-state index is 13.5. The number of aryl methyl sites for hydroxylation is 1. The highest BCUT2D eigenvalue weighted by molar-refractivity contribution is 5.94. The number of amides is 1. The third-order valence-electron chi connectivity index (χ3n) is 7.06. The maximum atomic E-state index is 13.5. The number of hydrogen-bond acceptors (Lipinski definition) is 4. The van der Waals surface area contributed by atoms with Crippen LogP contribution in [-0.4, -0.2) is 37.1 Å². The first-order valence-corrected chi connectivity index (χ1v) is 12.1. The zero-order valence-corrected chi connectivity index (χ0v) is 20.3. The summed E-state index contributed by atoms with van der Waals surface area (Å²) in [7, 11) is 1.26. The molecule has 1 saturated carbocycles. The Morgan fingerprint density at radius 2 is 1.79 bits per heavy atom. The van der Waals surface area contributed by atoms with Crippen molar-refractivity contribution in [3.63, 3.8) is 0 Å². The predicted molar refractivity (Wildman–Crippen MR) is 128 cm³/mol. The average Bonchev–Trinajstić information content (AvgIpc) is 3.48. The number of carbonyl (C=O) groups excluding carboxylic acids is 1. The summed E-state index contributed by atoms with van der Waals surface area (Å²) in [5.41, 5.74) is -0.0554. The van der Waals surface area contributed by atoms with Crippen LogP contribution in [0.5, 0.6) is 5.75 Å². The number of aromatic hydroxyl groups is 1. The van der Waals surface area contributed by atoms with Gasteiger partial charge in [0.2, 0.25) is 0 Å². The van der Waals surface area contributed by atoms with Crippen molar-refractivity contribution in [2.24, 2.45) is 13.0 Å². The van der Waals surface area contributed by atoms with Gasteiger partial charge >= 0.3 is 6.18 Å². The van der Waals surface area contributed by atoms with Crippen LogP contribution in [-0.2, 0) is 13.2 Å². The third-order valence-corrected chi connectivity index (χ3v) is 7.06. The second-order valence-corrected chi connectivity index (χ2v) is 9.58. The van der Waals surface area contributed by atoms with Gasteiger partial charge in [-0.2, -0.15) is 23.4 Å². The first-order valence-electron chi connectivity index (χ1n) is 12.1. The van der Waals surface area contributed by atoms with E-state index in [1.54, 1.807) is 18.2 Å². The van der Waals surface area contributed by atoms with Gasteiger partial charge in [-0.25, -0.2) is 8.78 Å². The van der Waals surface area contributed by atoms with E-state index >= 15 is 0 Å². The van der Waals surface area contributed by atoms with E-state index in [1.165, 1.54) is 13.2 Å². The second kappa shape index (κ2) is 9.73. The summed E-state index contributed by atoms with van der Waals surface area (Å²) < 4.78 is 70.2. The van der Waals surface area contributed by atoms with Gasteiger partial charge in [-0.05, 0) is 55.4 Å². The zero-order valence-electron chi connectivity index (χ0n) is 20.3. The summed E-state index contributed by atoms with van der Waals surface area (Å²) >= 11 is 0. The Balaban J connectivity index is 1.22. The number of nitrogens with one attached hydrogen (secondary N) is 1. The highest BCUT2D eigenvalue weighted by atomic mass is 19.4. The number of fused-ring (bicyclic) bond motifs is 1. The van der Waals surface area contributed by atoms with Crippen molar-refractivity contribution >= 4 is 16.8 Å². The molecule has 200 valence electrons. The molecule has 0 aliphatic heterocycles. The van der Waals surface area contributed by atoms with Crippen molar-refractivity contribution in [2.75, 3.05) is 6.54 Å². The van der Waals surface area contributed by atoms with Crippen molar-refractivity contribution in [2.45, 2.75) is 37.9 Å². The highest BCUT2D eigenvalue weighted by Crippen LogP contribution is 2.38. The molecule has 1 fully saturated rings. The van der Waals surface area contributed by atoms with Crippen LogP contribution in [0.3, 0.4) is 0 Å². The van der Waals surface area contributed by atoms with Gasteiger partial charge in [-0.1, -0.05) is 12.1 Å². The summed E-state index contributed by atoms with van der Waals surface area (Å²) in [6.45, 7) is 0.340. The highest BCUT2D eigenvalue weighted by Gasteiger charge is 2.37. The van der Waals surface area contributed by atoms with E-state index in [2.05, 4.69) is 15.5 Å². The molecule has 1 amide bonds. The molecule has 0 spiro atoms. The number of nitrogens with zero attached hydrogens (tertiary/aromatic N) is 4. The summed E-state index contributed by atoms with van der Waals surface area (Å²) in [4.78, 5) is 12.3. The first kappa shape index (κ1) is 25.7. The Bertz CT molecular complexity index is 1480. The number of alkyl halides is 3. The fourth-order valence-electron chi connectivity index (χ4n) is 5.02. The molecule has 0 unspecified atom stereocenters. The van der Waals surface area contributed by atoms with Gasteiger partial charge in [-0.15, -0.1) is 0 Å². The van der Waals surface area contributed by atoms with E-state index in [0.717, 1.165) is 47.9 Å². The zero-order chi connectivity index (χ0) is 27.2. The lowest BCUT2D eigenvalue weighted by Crippen LogP contribution is -2.31. The third kappa shape index (κ3) is 4.94. The molecule has 2 heterocycles. The fraction of sp³-hybridized carbons (Fsp3) is 0.346. The number of phenols is 1. The Morgan fingerprint density at radius 1 is 1.11 bits per heavy atom. The fourth-order valence-corrected chi connectivity index (χ4v) is 5.02. The lowest BCUT2D eigenvalue weighted by molar-refractivity contribution is -0.143. The summed E-state index contributed by atoms with van der Waals surface area (Å²) in [6.07, 6.45) is 1.69. The van der Waals surface area contributed by atoms with E-state index < -0.39 is 35.2 Å². The van der Waals surface area contributed by atoms with E-state index in [9.17, 15) is 31.9 Å². The summed E-state index contributed by atoms with van der Waals surface area (Å²) in [5.74, 6) is -3.97. The molecular weight excluding hydrogens is 509 g/mol. The summed E-state index contributed by atoms with van der Waals surface area (Å²) in [5, 5.41) is 21.1. The van der Waals surface area contributed by atoms with Crippen molar-refractivity contribution < 1.29 is 31.9 Å². The van der Waals surface area contributed by atoms with Crippen LogP contribution in [0.15, 0.2) is 42.7 Å². The lowest BCUT2D eigenvalue weighted by Gasteiger charge is -2.28. The van der Waals surface area contributed by atoms with Crippen LogP contribution in [0.4, 0.5) is 22.0 Å². The predicted octanol–water partition coefficient (Wildman–Crippen LogP) is 5.60. The molecule has 0 bridgehead atoms. The number of benzene rings is 2. The minimum atomic E-state index is -4.54. The van der Waals surface area contributed by atoms with Gasteiger partial charge in [0.1, 0.15) is 5.69 Å². The van der Waals surface area contributed by atoms with Crippen LogP contribution in [0.25, 0.3) is 22.0 Å². The second-order valence-electron chi connectivity index (χ2n) is 9.58. The Kier molecular flexibility index (Phi) is 6.58. The molecule has 1 aliphatic carbocycles. The quantitative estimate of drug-likeness (QED) is 0.327. The minimum absolute atomic E-state index is 0.00298. The van der Waals surface area contributed by atoms with Crippen LogP contribution >= 0.6 is 0 Å². The largest absolute Gasteiger partial charge is 0.503 e. The van der Waals surface area contributed by atoms with Crippen LogP contribution in [0.2, 0.25) is 0 Å². The Morgan fingerprint density at radius 3 is 2.45 bits per heavy atom. The monoisotopic (exact) mass is 533 g/mol. The van der Waals surface area contributed by atoms with E-state index in [0.29, 0.717) is 17.6 Å². The van der Waals surface area contributed by atoms with E-state index in [4.69, 9.17) is 0 Å². The topological polar surface area (TPSA) is 85.0 Å². The number of phenolic OH excluding ortho intramolecular Hbond substituents is 1. The molecule has 1 aliphatic rings. The van der Waals surface area contributed by atoms with Gasteiger partial charge in [0.05, 0.1) is 17.8 Å². The average molecular weight is 534 g/mol. The van der Waals surface area contributed by atoms with Crippen molar-refractivity contribution in [1.82, 2.24) is 24.9 Å². The molecule has 4 aromatic rings. The number of rotatable bonds is 5. The van der Waals surface area contributed by atoms with Crippen LogP contribution in [0, 0.1) is 17.6 Å². The van der Waals surface area contributed by atoms with Gasteiger partial charge in [0.15, 0.2) is 17.4 Å². The van der Waals surface area contributed by atoms with Crippen molar-refractivity contribution in [3.05, 3.63) is 65.6 Å². The Hall–Kier alpha value is -3.96. The van der Waals surface area contributed by atoms with Gasteiger partial charge in [-0.3, -0.25) is 14.2 Å². The van der Waals surface area contributed by atoms with Crippen molar-refractivity contribution in [3.8, 4) is 16.9 Å². The van der Waals surface area contributed by atoms with Crippen LogP contribution < -0.4 is 5.32 Å². The van der Waals surface area contributed by atoms with Gasteiger partial charge in [0, 0.05) is 36.3 Å². The number of halogens is 5. The molecular formula is C26H24F5N5O2. The molecule has 38 heavy (non-hydrogen) atoms. The molecule has 2 N–H and O–H groups in total. The first-order chi connectivity index (χ1) is 18.0.